The minimum Gasteiger partial charge on any atom is -0.436 e. The lowest BCUT2D eigenvalue weighted by Gasteiger charge is -2.36. The van der Waals surface area contributed by atoms with Gasteiger partial charge >= 0.3 is 6.09 Å². The van der Waals surface area contributed by atoms with Gasteiger partial charge in [0.15, 0.2) is 6.10 Å². The zero-order valence-electron chi connectivity index (χ0n) is 24.7. The van der Waals surface area contributed by atoms with Gasteiger partial charge in [-0.25, -0.2) is 9.18 Å². The predicted octanol–water partition coefficient (Wildman–Crippen LogP) is 5.77. The van der Waals surface area contributed by atoms with Crippen molar-refractivity contribution < 1.29 is 28.3 Å². The molecular weight excluding hydrogens is 573 g/mol. The lowest BCUT2D eigenvalue weighted by Crippen LogP contribution is -2.48. The summed E-state index contributed by atoms with van der Waals surface area (Å²) >= 11 is 6.28. The molecule has 1 saturated heterocycles. The molecule has 0 unspecified atom stereocenters. The maximum Gasteiger partial charge on any atom is 0.408 e. The molecule has 2 aromatic carbocycles. The van der Waals surface area contributed by atoms with Crippen LogP contribution in [0.15, 0.2) is 48.5 Å². The van der Waals surface area contributed by atoms with Crippen LogP contribution < -0.4 is 16.0 Å². The first-order valence-corrected chi connectivity index (χ1v) is 15.5. The monoisotopic (exact) mass is 613 g/mol. The number of amides is 3. The van der Waals surface area contributed by atoms with Crippen LogP contribution in [0.5, 0.6) is 0 Å². The van der Waals surface area contributed by atoms with Crippen LogP contribution in [0.4, 0.5) is 9.18 Å². The van der Waals surface area contributed by atoms with Crippen LogP contribution >= 0.6 is 11.6 Å². The number of carbonyl (C=O) groups excluding carboxylic acids is 4. The van der Waals surface area contributed by atoms with E-state index in [0.717, 1.165) is 37.7 Å². The molecular formula is C33H41ClFN3O5. The molecule has 2 fully saturated rings. The number of aldehydes is 1. The van der Waals surface area contributed by atoms with Gasteiger partial charge < -0.3 is 25.5 Å². The van der Waals surface area contributed by atoms with Crippen LogP contribution in [0.3, 0.4) is 0 Å². The smallest absolute Gasteiger partial charge is 0.408 e. The summed E-state index contributed by atoms with van der Waals surface area (Å²) in [5.74, 6) is -1.34. The van der Waals surface area contributed by atoms with Gasteiger partial charge in [-0.05, 0) is 60.6 Å². The maximum absolute atomic E-state index is 14.3. The normalized spacial score (nSPS) is 19.5. The van der Waals surface area contributed by atoms with Crippen LogP contribution in [0, 0.1) is 17.7 Å². The van der Waals surface area contributed by atoms with E-state index in [1.807, 2.05) is 26.0 Å². The van der Waals surface area contributed by atoms with Crippen LogP contribution in [-0.4, -0.2) is 42.9 Å². The molecule has 4 rings (SSSR count). The molecule has 0 aromatic heterocycles. The fraction of sp³-hybridized carbons (Fsp3) is 0.515. The largest absolute Gasteiger partial charge is 0.436 e. The lowest BCUT2D eigenvalue weighted by atomic mass is 9.75. The first-order chi connectivity index (χ1) is 20.6. The molecule has 3 amide bonds. The molecule has 232 valence electrons. The summed E-state index contributed by atoms with van der Waals surface area (Å²) in [6, 6.07) is 11.6. The van der Waals surface area contributed by atoms with Gasteiger partial charge in [0.05, 0.1) is 12.1 Å². The number of rotatable bonds is 12. The van der Waals surface area contributed by atoms with E-state index in [1.54, 1.807) is 24.3 Å². The summed E-state index contributed by atoms with van der Waals surface area (Å²) in [7, 11) is 0. The highest BCUT2D eigenvalue weighted by Crippen LogP contribution is 2.38. The van der Waals surface area contributed by atoms with Crippen LogP contribution in [0.25, 0.3) is 0 Å². The molecule has 4 atom stereocenters. The number of benzene rings is 2. The summed E-state index contributed by atoms with van der Waals surface area (Å²) in [5.41, 5.74) is 0.574. The van der Waals surface area contributed by atoms with Gasteiger partial charge in [-0.2, -0.15) is 0 Å². The molecule has 2 aromatic rings. The van der Waals surface area contributed by atoms with E-state index in [-0.39, 0.29) is 24.2 Å². The molecule has 43 heavy (non-hydrogen) atoms. The second-order valence-electron chi connectivity index (χ2n) is 12.3. The summed E-state index contributed by atoms with van der Waals surface area (Å²) in [6.07, 6.45) is 4.76. The predicted molar refractivity (Wildman–Crippen MR) is 162 cm³/mol. The van der Waals surface area contributed by atoms with Gasteiger partial charge in [0, 0.05) is 22.9 Å². The van der Waals surface area contributed by atoms with Gasteiger partial charge in [-0.15, -0.1) is 0 Å². The number of ether oxygens (including phenoxy) is 1. The van der Waals surface area contributed by atoms with E-state index in [1.165, 1.54) is 12.1 Å². The first kappa shape index (κ1) is 32.5. The highest BCUT2D eigenvalue weighted by atomic mass is 35.5. The Hall–Kier alpha value is -3.46. The Kier molecular flexibility index (Phi) is 11.2. The number of carbonyl (C=O) groups is 4. The van der Waals surface area contributed by atoms with Crippen molar-refractivity contribution in [2.75, 3.05) is 6.54 Å². The summed E-state index contributed by atoms with van der Waals surface area (Å²) in [4.78, 5) is 50.9. The first-order valence-electron chi connectivity index (χ1n) is 15.1. The zero-order chi connectivity index (χ0) is 31.0. The molecule has 1 saturated carbocycles. The third-order valence-electron chi connectivity index (χ3n) is 8.74. The molecule has 0 radical (unpaired) electrons. The molecule has 0 bridgehead atoms. The Balaban J connectivity index is 1.54. The van der Waals surface area contributed by atoms with Crippen molar-refractivity contribution in [1.82, 2.24) is 16.0 Å². The lowest BCUT2D eigenvalue weighted by molar-refractivity contribution is -0.133. The van der Waals surface area contributed by atoms with E-state index in [2.05, 4.69) is 16.0 Å². The van der Waals surface area contributed by atoms with E-state index in [0.29, 0.717) is 36.3 Å². The number of hydrogen-bond acceptors (Lipinski definition) is 5. The fourth-order valence-corrected chi connectivity index (χ4v) is 6.43. The van der Waals surface area contributed by atoms with Crippen molar-refractivity contribution in [2.24, 2.45) is 11.8 Å². The van der Waals surface area contributed by atoms with Crippen molar-refractivity contribution in [1.29, 1.82) is 0 Å². The van der Waals surface area contributed by atoms with Crippen molar-refractivity contribution in [2.45, 2.75) is 88.8 Å². The summed E-state index contributed by atoms with van der Waals surface area (Å²) in [5, 5.41) is 8.87. The Labute approximate surface area is 257 Å². The molecule has 2 aliphatic rings. The topological polar surface area (TPSA) is 114 Å². The quantitative estimate of drug-likeness (QED) is 0.263. The molecule has 1 aliphatic carbocycles. The molecule has 1 heterocycles. The van der Waals surface area contributed by atoms with E-state index in [4.69, 9.17) is 16.3 Å². The second kappa shape index (κ2) is 14.8. The van der Waals surface area contributed by atoms with Crippen molar-refractivity contribution in [3.05, 3.63) is 70.5 Å². The van der Waals surface area contributed by atoms with Crippen molar-refractivity contribution in [3.63, 3.8) is 0 Å². The Bertz CT molecular complexity index is 1300. The van der Waals surface area contributed by atoms with Crippen LogP contribution in [0.1, 0.15) is 82.4 Å². The molecule has 1 aliphatic heterocycles. The average Bonchev–Trinajstić information content (AvgIpc) is 3.39. The fourth-order valence-electron chi connectivity index (χ4n) is 6.24. The zero-order valence-corrected chi connectivity index (χ0v) is 25.5. The summed E-state index contributed by atoms with van der Waals surface area (Å²) < 4.78 is 20.2. The van der Waals surface area contributed by atoms with Crippen LogP contribution in [-0.2, 0) is 24.5 Å². The molecule has 3 N–H and O–H groups in total. The van der Waals surface area contributed by atoms with E-state index >= 15 is 0 Å². The molecule has 10 heteroatoms. The third-order valence-corrected chi connectivity index (χ3v) is 8.98. The SMILES string of the molecule is CC(C)(c1cccc(Cl)c1)[C@@H](NC(=O)O[C@@H](CC1CCCCC1)C(=O)N[C@H](C=O)C[C@@H]1CCNC1=O)c1cccc(F)c1. The minimum atomic E-state index is -1.15. The van der Waals surface area contributed by atoms with Crippen molar-refractivity contribution in [3.8, 4) is 0 Å². The van der Waals surface area contributed by atoms with Gasteiger partial charge in [-0.1, -0.05) is 81.8 Å². The average molecular weight is 614 g/mol. The maximum atomic E-state index is 14.3. The second-order valence-corrected chi connectivity index (χ2v) is 12.7. The highest BCUT2D eigenvalue weighted by Gasteiger charge is 2.37. The Morgan fingerprint density at radius 1 is 1.07 bits per heavy atom. The standard InChI is InChI=1S/C33H41ClFN3O5/c1-33(2,24-11-7-12-25(34)19-24)29(22-10-6-13-26(35)17-22)38-32(42)43-28(16-21-8-4-3-5-9-21)31(41)37-27(20-39)18-23-14-15-36-30(23)40/h6-7,10-13,17,19-21,23,27-29H,3-5,8-9,14-16,18H2,1-2H3,(H,36,40)(H,37,41)(H,38,42)/t23-,27-,28-,29-/m0/s1. The minimum absolute atomic E-state index is 0.138. The van der Waals surface area contributed by atoms with E-state index < -0.39 is 41.4 Å². The van der Waals surface area contributed by atoms with Gasteiger partial charge in [0.2, 0.25) is 5.91 Å². The Morgan fingerprint density at radius 2 is 1.81 bits per heavy atom. The molecule has 0 spiro atoms. The number of alkyl carbamates (subject to hydrolysis) is 1. The number of halogens is 2. The highest BCUT2D eigenvalue weighted by molar-refractivity contribution is 6.30. The third kappa shape index (κ3) is 8.78. The number of nitrogens with one attached hydrogen (secondary N) is 3. The van der Waals surface area contributed by atoms with Gasteiger partial charge in [0.1, 0.15) is 12.1 Å². The van der Waals surface area contributed by atoms with Gasteiger partial charge in [-0.3, -0.25) is 9.59 Å². The summed E-state index contributed by atoms with van der Waals surface area (Å²) in [6.45, 7) is 4.36. The van der Waals surface area contributed by atoms with Gasteiger partial charge in [0.25, 0.3) is 5.91 Å². The number of hydrogen-bond donors (Lipinski definition) is 3. The molecule has 8 nitrogen and oxygen atoms in total. The Morgan fingerprint density at radius 3 is 2.47 bits per heavy atom. The van der Waals surface area contributed by atoms with E-state index in [9.17, 15) is 23.6 Å². The van der Waals surface area contributed by atoms with Crippen LogP contribution in [0.2, 0.25) is 5.02 Å². The van der Waals surface area contributed by atoms with Crippen molar-refractivity contribution >= 4 is 35.8 Å².